The summed E-state index contributed by atoms with van der Waals surface area (Å²) in [4.78, 5) is 11.6. The topological polar surface area (TPSA) is 66.8 Å². The Morgan fingerprint density at radius 3 is 2.41 bits per heavy atom. The third-order valence-corrected chi connectivity index (χ3v) is 4.03. The lowest BCUT2D eigenvalue weighted by molar-refractivity contribution is -0.137. The first-order valence-electron chi connectivity index (χ1n) is 9.23. The lowest BCUT2D eigenvalue weighted by Crippen LogP contribution is -2.02. The molecule has 27 heavy (non-hydrogen) atoms. The predicted octanol–water partition coefficient (Wildman–Crippen LogP) is 5.32. The van der Waals surface area contributed by atoms with E-state index >= 15 is 0 Å². The maximum absolute atomic E-state index is 11.6. The molecule has 0 bridgehead atoms. The minimum atomic E-state index is -0.409. The van der Waals surface area contributed by atoms with Gasteiger partial charge in [-0.25, -0.2) is 4.79 Å². The van der Waals surface area contributed by atoms with E-state index in [1.165, 1.54) is 23.8 Å². The van der Waals surface area contributed by atoms with E-state index in [9.17, 15) is 15.0 Å². The Morgan fingerprint density at radius 2 is 1.63 bits per heavy atom. The summed E-state index contributed by atoms with van der Waals surface area (Å²) in [5.41, 5.74) is 1.84. The zero-order valence-corrected chi connectivity index (χ0v) is 15.4. The third kappa shape index (κ3) is 8.27. The van der Waals surface area contributed by atoms with Crippen molar-refractivity contribution in [2.24, 2.45) is 0 Å². The van der Waals surface area contributed by atoms with Crippen molar-refractivity contribution in [2.45, 2.75) is 32.1 Å². The van der Waals surface area contributed by atoms with Crippen molar-refractivity contribution in [1.29, 1.82) is 0 Å². The van der Waals surface area contributed by atoms with E-state index in [0.717, 1.165) is 32.1 Å². The molecule has 0 aliphatic carbocycles. The van der Waals surface area contributed by atoms with Gasteiger partial charge in [-0.1, -0.05) is 61.4 Å². The normalized spacial score (nSPS) is 11.3. The highest BCUT2D eigenvalue weighted by Gasteiger charge is 2.00. The van der Waals surface area contributed by atoms with Crippen LogP contribution < -0.4 is 0 Å². The number of carbonyl (C=O) groups is 1. The van der Waals surface area contributed by atoms with Crippen molar-refractivity contribution in [2.75, 3.05) is 6.61 Å². The standard InChI is InChI=1S/C23H26O4/c24-21-15-13-20(18-22(21)25)14-16-23(26)27-17-9-4-2-1-3-6-10-19-11-7-5-8-12-19/h5-8,10-16,18,24-25H,1-4,9,17H2/b10-6-,16-14+. The van der Waals surface area contributed by atoms with Gasteiger partial charge in [-0.2, -0.15) is 0 Å². The van der Waals surface area contributed by atoms with Crippen molar-refractivity contribution >= 4 is 18.1 Å². The van der Waals surface area contributed by atoms with Gasteiger partial charge in [0.25, 0.3) is 0 Å². The number of allylic oxidation sites excluding steroid dienone is 1. The maximum Gasteiger partial charge on any atom is 0.330 e. The van der Waals surface area contributed by atoms with Crippen LogP contribution in [0.25, 0.3) is 12.2 Å². The molecule has 2 rings (SSSR count). The molecule has 2 aromatic carbocycles. The Morgan fingerprint density at radius 1 is 0.852 bits per heavy atom. The van der Waals surface area contributed by atoms with E-state index in [4.69, 9.17) is 4.74 Å². The maximum atomic E-state index is 11.6. The highest BCUT2D eigenvalue weighted by molar-refractivity contribution is 5.87. The molecule has 0 fully saturated rings. The summed E-state index contributed by atoms with van der Waals surface area (Å²) in [5.74, 6) is -0.817. The largest absolute Gasteiger partial charge is 0.504 e. The molecule has 2 aromatic rings. The summed E-state index contributed by atoms with van der Waals surface area (Å²) in [5, 5.41) is 18.6. The van der Waals surface area contributed by atoms with Crippen molar-refractivity contribution in [1.82, 2.24) is 0 Å². The molecular formula is C23H26O4. The number of hydrogen-bond acceptors (Lipinski definition) is 4. The molecule has 4 heteroatoms. The second-order valence-electron chi connectivity index (χ2n) is 6.26. The number of phenolic OH excluding ortho intramolecular Hbond substituents is 2. The van der Waals surface area contributed by atoms with Gasteiger partial charge >= 0.3 is 5.97 Å². The summed E-state index contributed by atoms with van der Waals surface area (Å²) in [6.07, 6.45) is 12.4. The second kappa shape index (κ2) is 11.6. The van der Waals surface area contributed by atoms with Crippen LogP contribution in [0.2, 0.25) is 0 Å². The molecule has 0 saturated carbocycles. The number of rotatable bonds is 10. The number of benzene rings is 2. The summed E-state index contributed by atoms with van der Waals surface area (Å²) in [6, 6.07) is 14.6. The van der Waals surface area contributed by atoms with Crippen LogP contribution in [-0.4, -0.2) is 22.8 Å². The average Bonchev–Trinajstić information content (AvgIpc) is 2.68. The molecule has 0 aliphatic rings. The first kappa shape index (κ1) is 20.3. The number of aromatic hydroxyl groups is 2. The zero-order chi connectivity index (χ0) is 19.3. The number of carbonyl (C=O) groups excluding carboxylic acids is 1. The van der Waals surface area contributed by atoms with Gasteiger partial charge in [-0.15, -0.1) is 0 Å². The molecule has 0 radical (unpaired) electrons. The Bertz CT molecular complexity index is 763. The summed E-state index contributed by atoms with van der Waals surface area (Å²) >= 11 is 0. The third-order valence-electron chi connectivity index (χ3n) is 4.03. The van der Waals surface area contributed by atoms with Gasteiger partial charge in [0.1, 0.15) is 0 Å². The lowest BCUT2D eigenvalue weighted by atomic mass is 10.1. The molecule has 142 valence electrons. The highest BCUT2D eigenvalue weighted by atomic mass is 16.5. The molecule has 0 amide bonds. The molecule has 0 atom stereocenters. The van der Waals surface area contributed by atoms with Gasteiger partial charge < -0.3 is 14.9 Å². The van der Waals surface area contributed by atoms with Gasteiger partial charge in [-0.3, -0.25) is 0 Å². The molecule has 0 saturated heterocycles. The quantitative estimate of drug-likeness (QED) is 0.258. The fraction of sp³-hybridized carbons (Fsp3) is 0.261. The Hall–Kier alpha value is -3.01. The van der Waals surface area contributed by atoms with Gasteiger partial charge in [0.05, 0.1) is 6.61 Å². The molecule has 0 heterocycles. The summed E-state index contributed by atoms with van der Waals surface area (Å²) in [7, 11) is 0. The van der Waals surface area contributed by atoms with Crippen LogP contribution in [0, 0.1) is 0 Å². The van der Waals surface area contributed by atoms with Crippen LogP contribution >= 0.6 is 0 Å². The Labute approximate surface area is 160 Å². The van der Waals surface area contributed by atoms with Crippen molar-refractivity contribution in [3.05, 3.63) is 71.8 Å². The van der Waals surface area contributed by atoms with E-state index < -0.39 is 5.97 Å². The molecule has 0 aliphatic heterocycles. The monoisotopic (exact) mass is 366 g/mol. The molecule has 0 aromatic heterocycles. The summed E-state index contributed by atoms with van der Waals surface area (Å²) < 4.78 is 5.15. The van der Waals surface area contributed by atoms with Crippen LogP contribution in [0.5, 0.6) is 11.5 Å². The van der Waals surface area contributed by atoms with Crippen molar-refractivity contribution < 1.29 is 19.7 Å². The Kier molecular flexibility index (Phi) is 8.70. The molecule has 4 nitrogen and oxygen atoms in total. The predicted molar refractivity (Wildman–Crippen MR) is 108 cm³/mol. The smallest absolute Gasteiger partial charge is 0.330 e. The van der Waals surface area contributed by atoms with Crippen LogP contribution in [0.3, 0.4) is 0 Å². The van der Waals surface area contributed by atoms with Crippen molar-refractivity contribution in [3.8, 4) is 11.5 Å². The van der Waals surface area contributed by atoms with E-state index in [2.05, 4.69) is 24.3 Å². The average molecular weight is 366 g/mol. The van der Waals surface area contributed by atoms with Gasteiger partial charge in [0.15, 0.2) is 11.5 Å². The van der Waals surface area contributed by atoms with Crippen LogP contribution in [0.15, 0.2) is 60.7 Å². The fourth-order valence-corrected chi connectivity index (χ4v) is 2.53. The van der Waals surface area contributed by atoms with Crippen LogP contribution in [0.4, 0.5) is 0 Å². The Balaban J connectivity index is 1.52. The lowest BCUT2D eigenvalue weighted by Gasteiger charge is -2.02. The molecule has 0 spiro atoms. The first-order valence-corrected chi connectivity index (χ1v) is 9.23. The van der Waals surface area contributed by atoms with E-state index in [-0.39, 0.29) is 11.5 Å². The van der Waals surface area contributed by atoms with Gasteiger partial charge in [0.2, 0.25) is 0 Å². The first-order chi connectivity index (χ1) is 13.1. The second-order valence-corrected chi connectivity index (χ2v) is 6.26. The van der Waals surface area contributed by atoms with Gasteiger partial charge in [-0.05, 0) is 48.6 Å². The molecule has 0 unspecified atom stereocenters. The SMILES string of the molecule is O=C(/C=C/c1ccc(O)c(O)c1)OCCCCCC/C=C\c1ccccc1. The number of hydrogen-bond donors (Lipinski definition) is 2. The highest BCUT2D eigenvalue weighted by Crippen LogP contribution is 2.25. The van der Waals surface area contributed by atoms with E-state index in [1.807, 2.05) is 18.2 Å². The zero-order valence-electron chi connectivity index (χ0n) is 15.4. The van der Waals surface area contributed by atoms with E-state index in [0.29, 0.717) is 12.2 Å². The molecular weight excluding hydrogens is 340 g/mol. The number of unbranched alkanes of at least 4 members (excludes halogenated alkanes) is 4. The minimum absolute atomic E-state index is 0.190. The number of ether oxygens (including phenoxy) is 1. The number of phenols is 2. The minimum Gasteiger partial charge on any atom is -0.504 e. The van der Waals surface area contributed by atoms with Crippen LogP contribution in [-0.2, 0) is 9.53 Å². The summed E-state index contributed by atoms with van der Waals surface area (Å²) in [6.45, 7) is 0.407. The van der Waals surface area contributed by atoms with Gasteiger partial charge in [0, 0.05) is 6.08 Å². The van der Waals surface area contributed by atoms with Crippen LogP contribution in [0.1, 0.15) is 43.2 Å². The fourth-order valence-electron chi connectivity index (χ4n) is 2.53. The van der Waals surface area contributed by atoms with E-state index in [1.54, 1.807) is 12.1 Å². The number of esters is 1. The van der Waals surface area contributed by atoms with Crippen molar-refractivity contribution in [3.63, 3.8) is 0 Å². The molecule has 2 N–H and O–H groups in total.